The first-order valence-electron chi connectivity index (χ1n) is 9.53. The Hall–Kier alpha value is -4.28. The summed E-state index contributed by atoms with van der Waals surface area (Å²) in [5, 5.41) is 17.6. The highest BCUT2D eigenvalue weighted by Gasteiger charge is 2.11. The molecule has 2 aromatic carbocycles. The van der Waals surface area contributed by atoms with E-state index >= 15 is 0 Å². The average Bonchev–Trinajstić information content (AvgIpc) is 3.22. The molecule has 0 fully saturated rings. The number of urea groups is 1. The van der Waals surface area contributed by atoms with Crippen LogP contribution in [0.25, 0.3) is 17.0 Å². The topological polar surface area (TPSA) is 103 Å². The number of halogens is 2. The molecule has 0 aliphatic carbocycles. The summed E-state index contributed by atoms with van der Waals surface area (Å²) in [7, 11) is 1.58. The molecule has 0 saturated heterocycles. The van der Waals surface area contributed by atoms with Crippen molar-refractivity contribution in [3.05, 3.63) is 66.2 Å². The minimum Gasteiger partial charge on any atom is -0.497 e. The second kappa shape index (κ2) is 9.25. The van der Waals surface area contributed by atoms with Gasteiger partial charge in [-0.1, -0.05) is 12.1 Å². The van der Waals surface area contributed by atoms with Gasteiger partial charge in [-0.2, -0.15) is 4.52 Å². The maximum absolute atomic E-state index is 13.2. The van der Waals surface area contributed by atoms with Gasteiger partial charge in [-0.25, -0.2) is 13.6 Å². The standard InChI is InChI=1S/C21H18F2N6O3/c1-31-15-4-2-3-13(11-15)20-27-26-18-7-8-19(28-29(18)20)32-10-9-24-21(30)25-14-5-6-16(22)17(23)12-14/h2-8,11-12H,9-10H2,1H3,(H2,24,25,30). The molecule has 2 N–H and O–H groups in total. The maximum Gasteiger partial charge on any atom is 0.319 e. The van der Waals surface area contributed by atoms with Gasteiger partial charge in [0.1, 0.15) is 12.4 Å². The Kier molecular flexibility index (Phi) is 6.06. The Morgan fingerprint density at radius 2 is 1.94 bits per heavy atom. The van der Waals surface area contributed by atoms with Gasteiger partial charge < -0.3 is 20.1 Å². The molecule has 0 unspecified atom stereocenters. The molecule has 0 aliphatic heterocycles. The Morgan fingerprint density at radius 1 is 1.06 bits per heavy atom. The molecule has 0 spiro atoms. The smallest absolute Gasteiger partial charge is 0.319 e. The highest BCUT2D eigenvalue weighted by atomic mass is 19.2. The van der Waals surface area contributed by atoms with Crippen molar-refractivity contribution in [1.29, 1.82) is 0 Å². The van der Waals surface area contributed by atoms with Crippen LogP contribution in [0.4, 0.5) is 19.3 Å². The monoisotopic (exact) mass is 440 g/mol. The second-order valence-corrected chi connectivity index (χ2v) is 6.56. The molecule has 164 valence electrons. The number of carbonyl (C=O) groups is 1. The number of nitrogens with zero attached hydrogens (tertiary/aromatic N) is 4. The third kappa shape index (κ3) is 4.72. The Labute approximate surface area is 181 Å². The summed E-state index contributed by atoms with van der Waals surface area (Å²) < 4.78 is 38.5. The lowest BCUT2D eigenvalue weighted by Gasteiger charge is -2.09. The van der Waals surface area contributed by atoms with Crippen LogP contribution in [-0.4, -0.2) is 46.1 Å². The van der Waals surface area contributed by atoms with E-state index in [0.29, 0.717) is 23.1 Å². The largest absolute Gasteiger partial charge is 0.497 e. The van der Waals surface area contributed by atoms with Gasteiger partial charge in [-0.15, -0.1) is 15.3 Å². The van der Waals surface area contributed by atoms with Crippen LogP contribution in [0.15, 0.2) is 54.6 Å². The molecule has 2 heterocycles. The highest BCUT2D eigenvalue weighted by Crippen LogP contribution is 2.23. The predicted octanol–water partition coefficient (Wildman–Crippen LogP) is 3.28. The normalized spacial score (nSPS) is 10.7. The summed E-state index contributed by atoms with van der Waals surface area (Å²) >= 11 is 0. The molecule has 11 heteroatoms. The summed E-state index contributed by atoms with van der Waals surface area (Å²) in [6, 6.07) is 13.2. The zero-order valence-electron chi connectivity index (χ0n) is 16.9. The van der Waals surface area contributed by atoms with Crippen LogP contribution in [0.2, 0.25) is 0 Å². The van der Waals surface area contributed by atoms with E-state index < -0.39 is 17.7 Å². The molecular weight excluding hydrogens is 422 g/mol. The van der Waals surface area contributed by atoms with E-state index in [1.54, 1.807) is 23.8 Å². The van der Waals surface area contributed by atoms with E-state index in [-0.39, 0.29) is 18.8 Å². The van der Waals surface area contributed by atoms with Crippen LogP contribution in [0, 0.1) is 11.6 Å². The minimum absolute atomic E-state index is 0.125. The van der Waals surface area contributed by atoms with Crippen molar-refractivity contribution in [2.75, 3.05) is 25.6 Å². The quantitative estimate of drug-likeness (QED) is 0.428. The molecule has 32 heavy (non-hydrogen) atoms. The van der Waals surface area contributed by atoms with Crippen molar-refractivity contribution in [1.82, 2.24) is 25.1 Å². The van der Waals surface area contributed by atoms with Gasteiger partial charge in [0.2, 0.25) is 5.88 Å². The molecule has 4 rings (SSSR count). The molecule has 2 amide bonds. The summed E-state index contributed by atoms with van der Waals surface area (Å²) in [6.45, 7) is 0.278. The number of nitrogens with one attached hydrogen (secondary N) is 2. The van der Waals surface area contributed by atoms with Crippen LogP contribution in [-0.2, 0) is 0 Å². The third-order valence-electron chi connectivity index (χ3n) is 4.38. The van der Waals surface area contributed by atoms with Gasteiger partial charge in [-0.05, 0) is 30.3 Å². The SMILES string of the molecule is COc1cccc(-c2nnc3ccc(OCCNC(=O)Nc4ccc(F)c(F)c4)nn23)c1. The maximum atomic E-state index is 13.2. The van der Waals surface area contributed by atoms with Gasteiger partial charge in [-0.3, -0.25) is 0 Å². The van der Waals surface area contributed by atoms with Crippen molar-refractivity contribution in [3.63, 3.8) is 0 Å². The predicted molar refractivity (Wildman–Crippen MR) is 112 cm³/mol. The van der Waals surface area contributed by atoms with Crippen LogP contribution < -0.4 is 20.1 Å². The zero-order valence-corrected chi connectivity index (χ0v) is 16.9. The molecular formula is C21H18F2N6O3. The molecule has 9 nitrogen and oxygen atoms in total. The summed E-state index contributed by atoms with van der Waals surface area (Å²) in [4.78, 5) is 11.9. The molecule has 0 atom stereocenters. The summed E-state index contributed by atoms with van der Waals surface area (Å²) in [5.41, 5.74) is 1.45. The molecule has 2 aromatic heterocycles. The van der Waals surface area contributed by atoms with Gasteiger partial charge in [0.15, 0.2) is 23.1 Å². The van der Waals surface area contributed by atoms with Crippen molar-refractivity contribution < 1.29 is 23.0 Å². The number of ether oxygens (including phenoxy) is 2. The van der Waals surface area contributed by atoms with Gasteiger partial charge in [0.05, 0.1) is 13.7 Å². The van der Waals surface area contributed by atoms with Crippen molar-refractivity contribution in [2.45, 2.75) is 0 Å². The number of carbonyl (C=O) groups excluding carboxylic acids is 1. The van der Waals surface area contributed by atoms with Gasteiger partial charge in [0.25, 0.3) is 0 Å². The number of aromatic nitrogens is 4. The first-order valence-corrected chi connectivity index (χ1v) is 9.53. The fourth-order valence-corrected chi connectivity index (χ4v) is 2.86. The Bertz CT molecular complexity index is 1260. The highest BCUT2D eigenvalue weighted by molar-refractivity contribution is 5.89. The first-order chi connectivity index (χ1) is 15.5. The Morgan fingerprint density at radius 3 is 2.75 bits per heavy atom. The van der Waals surface area contributed by atoms with E-state index in [1.165, 1.54) is 6.07 Å². The fraction of sp³-hybridized carbons (Fsp3) is 0.143. The number of benzene rings is 2. The average molecular weight is 440 g/mol. The number of hydrogen-bond acceptors (Lipinski definition) is 6. The van der Waals surface area contributed by atoms with Crippen LogP contribution in [0.3, 0.4) is 0 Å². The van der Waals surface area contributed by atoms with E-state index in [1.807, 2.05) is 24.3 Å². The number of rotatable bonds is 7. The number of hydrogen-bond donors (Lipinski definition) is 2. The van der Waals surface area contributed by atoms with Crippen LogP contribution in [0.1, 0.15) is 0 Å². The Balaban J connectivity index is 1.35. The number of anilines is 1. The van der Waals surface area contributed by atoms with Gasteiger partial charge in [0, 0.05) is 23.4 Å². The lowest BCUT2D eigenvalue weighted by molar-refractivity contribution is 0.246. The van der Waals surface area contributed by atoms with Gasteiger partial charge >= 0.3 is 6.03 Å². The van der Waals surface area contributed by atoms with Crippen molar-refractivity contribution >= 4 is 17.4 Å². The third-order valence-corrected chi connectivity index (χ3v) is 4.38. The van der Waals surface area contributed by atoms with E-state index in [9.17, 15) is 13.6 Å². The summed E-state index contributed by atoms with van der Waals surface area (Å²) in [6.07, 6.45) is 0. The number of methoxy groups -OCH3 is 1. The minimum atomic E-state index is -1.05. The molecule has 4 aromatic rings. The molecule has 0 saturated carbocycles. The van der Waals surface area contributed by atoms with Crippen LogP contribution in [0.5, 0.6) is 11.6 Å². The van der Waals surface area contributed by atoms with E-state index in [0.717, 1.165) is 17.7 Å². The fourth-order valence-electron chi connectivity index (χ4n) is 2.86. The number of fused-ring (bicyclic) bond motifs is 1. The number of amides is 2. The van der Waals surface area contributed by atoms with E-state index in [2.05, 4.69) is 25.9 Å². The van der Waals surface area contributed by atoms with Crippen molar-refractivity contribution in [2.24, 2.45) is 0 Å². The van der Waals surface area contributed by atoms with E-state index in [4.69, 9.17) is 9.47 Å². The van der Waals surface area contributed by atoms with Crippen LogP contribution >= 0.6 is 0 Å². The summed E-state index contributed by atoms with van der Waals surface area (Å²) in [5.74, 6) is -0.525. The lowest BCUT2D eigenvalue weighted by Crippen LogP contribution is -2.32. The lowest BCUT2D eigenvalue weighted by atomic mass is 10.2. The zero-order chi connectivity index (χ0) is 22.5. The molecule has 0 aliphatic rings. The first kappa shape index (κ1) is 21.0. The van der Waals surface area contributed by atoms with Crippen molar-refractivity contribution in [3.8, 4) is 23.0 Å². The second-order valence-electron chi connectivity index (χ2n) is 6.56. The molecule has 0 radical (unpaired) electrons. The molecule has 0 bridgehead atoms.